The molecule has 0 fully saturated rings. The molecule has 0 amide bonds. The Hall–Kier alpha value is -0.520. The summed E-state index contributed by atoms with van der Waals surface area (Å²) in [7, 11) is 0. The van der Waals surface area contributed by atoms with Crippen LogP contribution >= 0.6 is 0 Å². The standard InChI is InChI=1S/C16H26/c1-3-15(11-7-5-8-12-15)16(4-2)13-9-6-10-14-16/h5,7,9,13H,3-4,6,8,10-12,14H2,1-2H3. The predicted molar refractivity (Wildman–Crippen MR) is 71.4 cm³/mol. The van der Waals surface area contributed by atoms with Crippen molar-refractivity contribution in [3.8, 4) is 0 Å². The van der Waals surface area contributed by atoms with E-state index in [4.69, 9.17) is 0 Å². The zero-order chi connectivity index (χ0) is 11.5. The Balaban J connectivity index is 2.33. The van der Waals surface area contributed by atoms with E-state index in [9.17, 15) is 0 Å². The summed E-state index contributed by atoms with van der Waals surface area (Å²) in [6.45, 7) is 4.80. The maximum Gasteiger partial charge on any atom is -0.00614 e. The topological polar surface area (TPSA) is 0 Å². The highest BCUT2D eigenvalue weighted by Gasteiger charge is 2.46. The van der Waals surface area contributed by atoms with Crippen molar-refractivity contribution in [1.82, 2.24) is 0 Å². The Morgan fingerprint density at radius 1 is 0.938 bits per heavy atom. The molecule has 0 radical (unpaired) electrons. The molecule has 0 N–H and O–H groups in total. The molecule has 2 aliphatic carbocycles. The van der Waals surface area contributed by atoms with E-state index in [0.717, 1.165) is 0 Å². The molecule has 0 bridgehead atoms. The maximum atomic E-state index is 2.58. The minimum absolute atomic E-state index is 0.505. The number of allylic oxidation sites excluding steroid dienone is 4. The number of hydrogen-bond donors (Lipinski definition) is 0. The average Bonchev–Trinajstić information content (AvgIpc) is 2.40. The lowest BCUT2D eigenvalue weighted by Crippen LogP contribution is -2.41. The monoisotopic (exact) mass is 218 g/mol. The Morgan fingerprint density at radius 3 is 2.31 bits per heavy atom. The molecule has 16 heavy (non-hydrogen) atoms. The molecule has 2 rings (SSSR count). The molecule has 0 saturated carbocycles. The van der Waals surface area contributed by atoms with Gasteiger partial charge in [0.1, 0.15) is 0 Å². The van der Waals surface area contributed by atoms with Gasteiger partial charge in [-0.3, -0.25) is 0 Å². The molecule has 0 aromatic rings. The third-order valence-corrected chi connectivity index (χ3v) is 5.26. The van der Waals surface area contributed by atoms with Crippen LogP contribution in [-0.4, -0.2) is 0 Å². The zero-order valence-electron chi connectivity index (χ0n) is 11.0. The Morgan fingerprint density at radius 2 is 1.81 bits per heavy atom. The van der Waals surface area contributed by atoms with Crippen molar-refractivity contribution in [3.63, 3.8) is 0 Å². The smallest absolute Gasteiger partial charge is 0.00614 e. The van der Waals surface area contributed by atoms with Crippen LogP contribution in [0.15, 0.2) is 24.3 Å². The SMILES string of the molecule is CCC1(C2(CC)CC=CCC2)C=CCCC1. The van der Waals surface area contributed by atoms with E-state index in [2.05, 4.69) is 38.2 Å². The maximum absolute atomic E-state index is 2.58. The van der Waals surface area contributed by atoms with E-state index >= 15 is 0 Å². The summed E-state index contributed by atoms with van der Waals surface area (Å²) in [5.74, 6) is 0. The van der Waals surface area contributed by atoms with Gasteiger partial charge in [0.05, 0.1) is 0 Å². The lowest BCUT2D eigenvalue weighted by molar-refractivity contribution is 0.0431. The molecule has 2 atom stereocenters. The minimum atomic E-state index is 0.505. The summed E-state index contributed by atoms with van der Waals surface area (Å²) in [5, 5.41) is 0. The molecule has 0 aromatic heterocycles. The summed E-state index contributed by atoms with van der Waals surface area (Å²) >= 11 is 0. The van der Waals surface area contributed by atoms with Gasteiger partial charge in [0.25, 0.3) is 0 Å². The average molecular weight is 218 g/mol. The Labute approximate surface area is 101 Å². The molecule has 90 valence electrons. The van der Waals surface area contributed by atoms with Crippen LogP contribution in [0.4, 0.5) is 0 Å². The number of hydrogen-bond acceptors (Lipinski definition) is 0. The van der Waals surface area contributed by atoms with Gasteiger partial charge in [-0.2, -0.15) is 0 Å². The molecule has 2 aliphatic rings. The molecule has 0 heteroatoms. The highest BCUT2D eigenvalue weighted by atomic mass is 14.5. The van der Waals surface area contributed by atoms with Crippen molar-refractivity contribution < 1.29 is 0 Å². The number of rotatable bonds is 3. The van der Waals surface area contributed by atoms with Gasteiger partial charge < -0.3 is 0 Å². The van der Waals surface area contributed by atoms with Gasteiger partial charge in [-0.1, -0.05) is 38.2 Å². The van der Waals surface area contributed by atoms with Crippen molar-refractivity contribution in [1.29, 1.82) is 0 Å². The van der Waals surface area contributed by atoms with Crippen LogP contribution < -0.4 is 0 Å². The van der Waals surface area contributed by atoms with Crippen LogP contribution in [0, 0.1) is 10.8 Å². The molecular formula is C16H26. The van der Waals surface area contributed by atoms with Crippen LogP contribution in [0.2, 0.25) is 0 Å². The molecule has 0 heterocycles. The van der Waals surface area contributed by atoms with Crippen LogP contribution in [0.1, 0.15) is 65.2 Å². The molecule has 0 aliphatic heterocycles. The van der Waals surface area contributed by atoms with Gasteiger partial charge in [0, 0.05) is 0 Å². The second-order valence-corrected chi connectivity index (χ2v) is 5.65. The lowest BCUT2D eigenvalue weighted by atomic mass is 9.53. The molecule has 0 nitrogen and oxygen atoms in total. The van der Waals surface area contributed by atoms with E-state index < -0.39 is 0 Å². The fourth-order valence-corrected chi connectivity index (χ4v) is 4.05. The first-order valence-corrected chi connectivity index (χ1v) is 7.11. The van der Waals surface area contributed by atoms with Crippen molar-refractivity contribution in [3.05, 3.63) is 24.3 Å². The first-order valence-electron chi connectivity index (χ1n) is 7.11. The van der Waals surface area contributed by atoms with Crippen LogP contribution in [-0.2, 0) is 0 Å². The van der Waals surface area contributed by atoms with Crippen molar-refractivity contribution >= 4 is 0 Å². The third-order valence-electron chi connectivity index (χ3n) is 5.26. The Kier molecular flexibility index (Phi) is 3.56. The van der Waals surface area contributed by atoms with Gasteiger partial charge in [-0.15, -0.1) is 0 Å². The first-order chi connectivity index (χ1) is 7.79. The van der Waals surface area contributed by atoms with Gasteiger partial charge in [0.15, 0.2) is 0 Å². The van der Waals surface area contributed by atoms with E-state index in [-0.39, 0.29) is 0 Å². The fraction of sp³-hybridized carbons (Fsp3) is 0.750. The predicted octanol–water partition coefficient (Wildman–Crippen LogP) is 5.26. The van der Waals surface area contributed by atoms with E-state index in [1.54, 1.807) is 0 Å². The largest absolute Gasteiger partial charge is 0.0885 e. The normalized spacial score (nSPS) is 38.9. The van der Waals surface area contributed by atoms with Gasteiger partial charge in [0.2, 0.25) is 0 Å². The van der Waals surface area contributed by atoms with E-state index in [1.807, 2.05) is 0 Å². The summed E-state index contributed by atoms with van der Waals surface area (Å²) in [4.78, 5) is 0. The second-order valence-electron chi connectivity index (χ2n) is 5.65. The molecule has 0 saturated heterocycles. The van der Waals surface area contributed by atoms with Crippen molar-refractivity contribution in [2.75, 3.05) is 0 Å². The fourth-order valence-electron chi connectivity index (χ4n) is 4.05. The molecule has 0 aromatic carbocycles. The highest BCUT2D eigenvalue weighted by molar-refractivity contribution is 5.15. The van der Waals surface area contributed by atoms with Gasteiger partial charge >= 0.3 is 0 Å². The third kappa shape index (κ3) is 1.77. The van der Waals surface area contributed by atoms with E-state index in [0.29, 0.717) is 10.8 Å². The first kappa shape index (κ1) is 12.0. The van der Waals surface area contributed by atoms with Crippen LogP contribution in [0.5, 0.6) is 0 Å². The van der Waals surface area contributed by atoms with Gasteiger partial charge in [-0.05, 0) is 62.2 Å². The quantitative estimate of drug-likeness (QED) is 0.567. The Bertz CT molecular complexity index is 286. The van der Waals surface area contributed by atoms with Crippen molar-refractivity contribution in [2.24, 2.45) is 10.8 Å². The molecular weight excluding hydrogens is 192 g/mol. The molecule has 2 unspecified atom stereocenters. The highest BCUT2D eigenvalue weighted by Crippen LogP contribution is 2.57. The van der Waals surface area contributed by atoms with E-state index in [1.165, 1.54) is 51.4 Å². The minimum Gasteiger partial charge on any atom is -0.0885 e. The van der Waals surface area contributed by atoms with Crippen LogP contribution in [0.3, 0.4) is 0 Å². The summed E-state index contributed by atoms with van der Waals surface area (Å²) in [6.07, 6.45) is 20.6. The zero-order valence-corrected chi connectivity index (χ0v) is 11.0. The van der Waals surface area contributed by atoms with Gasteiger partial charge in [-0.25, -0.2) is 0 Å². The summed E-state index contributed by atoms with van der Waals surface area (Å²) in [5.41, 5.74) is 1.07. The summed E-state index contributed by atoms with van der Waals surface area (Å²) in [6, 6.07) is 0. The molecule has 0 spiro atoms. The van der Waals surface area contributed by atoms with Crippen LogP contribution in [0.25, 0.3) is 0 Å². The summed E-state index contributed by atoms with van der Waals surface area (Å²) < 4.78 is 0. The van der Waals surface area contributed by atoms with Crippen molar-refractivity contribution in [2.45, 2.75) is 65.2 Å². The lowest BCUT2D eigenvalue weighted by Gasteiger charge is -2.51. The second kappa shape index (κ2) is 4.77.